The Balaban J connectivity index is 2.15. The molecule has 1 amide bonds. The largest absolute Gasteiger partial charge is 0.465 e. The molecule has 24 heavy (non-hydrogen) atoms. The number of ether oxygens (including phenoxy) is 1. The number of rotatable bonds is 5. The van der Waals surface area contributed by atoms with E-state index in [4.69, 9.17) is 11.6 Å². The van der Waals surface area contributed by atoms with Crippen LogP contribution in [-0.4, -0.2) is 35.2 Å². The average Bonchev–Trinajstić information content (AvgIpc) is 2.56. The summed E-state index contributed by atoms with van der Waals surface area (Å²) < 4.78 is 4.64. The van der Waals surface area contributed by atoms with E-state index in [9.17, 15) is 9.59 Å². The van der Waals surface area contributed by atoms with Gasteiger partial charge < -0.3 is 15.4 Å². The third kappa shape index (κ3) is 4.42. The lowest BCUT2D eigenvalue weighted by Crippen LogP contribution is -2.17. The number of halogens is 1. The Kier molecular flexibility index (Phi) is 5.70. The van der Waals surface area contributed by atoms with Gasteiger partial charge in [-0.1, -0.05) is 11.6 Å². The van der Waals surface area contributed by atoms with Crippen LogP contribution in [0, 0.1) is 0 Å². The monoisotopic (exact) mass is 348 g/mol. The molecule has 7 nitrogen and oxygen atoms in total. The molecule has 0 saturated carbocycles. The summed E-state index contributed by atoms with van der Waals surface area (Å²) in [5.74, 6) is -0.430. The number of amides is 1. The molecule has 2 rings (SSSR count). The molecule has 0 atom stereocenters. The van der Waals surface area contributed by atoms with E-state index in [1.807, 2.05) is 13.8 Å². The van der Waals surface area contributed by atoms with Gasteiger partial charge in [0.25, 0.3) is 5.91 Å². The summed E-state index contributed by atoms with van der Waals surface area (Å²) >= 11 is 6.05. The van der Waals surface area contributed by atoms with E-state index in [0.29, 0.717) is 10.8 Å². The minimum Gasteiger partial charge on any atom is -0.465 e. The van der Waals surface area contributed by atoms with Gasteiger partial charge in [0.1, 0.15) is 5.82 Å². The maximum absolute atomic E-state index is 12.2. The molecule has 8 heteroatoms. The van der Waals surface area contributed by atoms with Crippen molar-refractivity contribution < 1.29 is 14.3 Å². The number of hydrogen-bond donors (Lipinski definition) is 2. The lowest BCUT2D eigenvalue weighted by molar-refractivity contribution is 0.0600. The van der Waals surface area contributed by atoms with E-state index < -0.39 is 11.9 Å². The minimum absolute atomic E-state index is 0.129. The summed E-state index contributed by atoms with van der Waals surface area (Å²) in [5, 5.41) is 13.8. The van der Waals surface area contributed by atoms with Crippen molar-refractivity contribution in [2.75, 3.05) is 17.7 Å². The number of nitrogens with one attached hydrogen (secondary N) is 2. The molecule has 0 bridgehead atoms. The highest BCUT2D eigenvalue weighted by Crippen LogP contribution is 2.24. The standard InChI is InChI=1S/C16H17ClN4O3/c1-9(2)18-14-7-6-12(20-21-14)15(22)19-13-8-10(16(23)24-3)4-5-11(13)17/h4-9H,1-3H3,(H,18,21)(H,19,22). The Morgan fingerprint density at radius 3 is 2.50 bits per heavy atom. The predicted molar refractivity (Wildman–Crippen MR) is 91.5 cm³/mol. The zero-order valence-electron chi connectivity index (χ0n) is 13.5. The lowest BCUT2D eigenvalue weighted by Gasteiger charge is -2.10. The fourth-order valence-corrected chi connectivity index (χ4v) is 2.04. The molecular formula is C16H17ClN4O3. The molecule has 0 aliphatic heterocycles. The van der Waals surface area contributed by atoms with Gasteiger partial charge >= 0.3 is 5.97 Å². The molecule has 2 N–H and O–H groups in total. The van der Waals surface area contributed by atoms with Crippen molar-refractivity contribution in [2.24, 2.45) is 0 Å². The molecule has 0 aliphatic rings. The summed E-state index contributed by atoms with van der Waals surface area (Å²) in [7, 11) is 1.28. The first-order valence-corrected chi connectivity index (χ1v) is 7.58. The molecule has 0 spiro atoms. The van der Waals surface area contributed by atoms with Crippen molar-refractivity contribution >= 4 is 35.0 Å². The molecule has 0 radical (unpaired) electrons. The van der Waals surface area contributed by atoms with Crippen LogP contribution in [0.1, 0.15) is 34.7 Å². The predicted octanol–water partition coefficient (Wildman–Crippen LogP) is 2.99. The Morgan fingerprint density at radius 1 is 1.17 bits per heavy atom. The topological polar surface area (TPSA) is 93.2 Å². The number of aromatic nitrogens is 2. The molecule has 126 valence electrons. The van der Waals surface area contributed by atoms with Crippen molar-refractivity contribution in [2.45, 2.75) is 19.9 Å². The lowest BCUT2D eigenvalue weighted by atomic mass is 10.2. The van der Waals surface area contributed by atoms with Gasteiger partial charge in [0, 0.05) is 6.04 Å². The van der Waals surface area contributed by atoms with Gasteiger partial charge in [-0.3, -0.25) is 4.79 Å². The van der Waals surface area contributed by atoms with Crippen LogP contribution >= 0.6 is 11.6 Å². The Bertz CT molecular complexity index is 747. The van der Waals surface area contributed by atoms with Crippen molar-refractivity contribution in [3.8, 4) is 0 Å². The summed E-state index contributed by atoms with van der Waals surface area (Å²) in [5.41, 5.74) is 0.694. The van der Waals surface area contributed by atoms with Gasteiger partial charge in [-0.15, -0.1) is 10.2 Å². The van der Waals surface area contributed by atoms with Crippen molar-refractivity contribution in [1.82, 2.24) is 10.2 Å². The number of hydrogen-bond acceptors (Lipinski definition) is 6. The Morgan fingerprint density at radius 2 is 1.92 bits per heavy atom. The number of benzene rings is 1. The van der Waals surface area contributed by atoms with Crippen LogP contribution in [0.3, 0.4) is 0 Å². The summed E-state index contributed by atoms with van der Waals surface area (Å²) in [4.78, 5) is 23.8. The smallest absolute Gasteiger partial charge is 0.337 e. The van der Waals surface area contributed by atoms with E-state index >= 15 is 0 Å². The number of methoxy groups -OCH3 is 1. The van der Waals surface area contributed by atoms with E-state index in [0.717, 1.165) is 0 Å². The first-order valence-electron chi connectivity index (χ1n) is 7.20. The maximum Gasteiger partial charge on any atom is 0.337 e. The van der Waals surface area contributed by atoms with Crippen LogP contribution in [-0.2, 0) is 4.74 Å². The van der Waals surface area contributed by atoms with Crippen LogP contribution in [0.4, 0.5) is 11.5 Å². The third-order valence-corrected chi connectivity index (χ3v) is 3.30. The second-order valence-corrected chi connectivity index (χ2v) is 5.65. The van der Waals surface area contributed by atoms with E-state index in [1.165, 1.54) is 25.3 Å². The van der Waals surface area contributed by atoms with Crippen LogP contribution in [0.15, 0.2) is 30.3 Å². The van der Waals surface area contributed by atoms with E-state index in [-0.39, 0.29) is 23.0 Å². The fraction of sp³-hybridized carbons (Fsp3) is 0.250. The SMILES string of the molecule is COC(=O)c1ccc(Cl)c(NC(=O)c2ccc(NC(C)C)nn2)c1. The molecule has 0 aliphatic carbocycles. The van der Waals surface area contributed by atoms with Gasteiger partial charge in [-0.25, -0.2) is 4.79 Å². The highest BCUT2D eigenvalue weighted by Gasteiger charge is 2.14. The van der Waals surface area contributed by atoms with Gasteiger partial charge in [0.2, 0.25) is 0 Å². The Labute approximate surface area is 144 Å². The highest BCUT2D eigenvalue weighted by atomic mass is 35.5. The second-order valence-electron chi connectivity index (χ2n) is 5.24. The average molecular weight is 349 g/mol. The zero-order chi connectivity index (χ0) is 17.7. The quantitative estimate of drug-likeness (QED) is 0.807. The van der Waals surface area contributed by atoms with E-state index in [1.54, 1.807) is 12.1 Å². The minimum atomic E-state index is -0.522. The van der Waals surface area contributed by atoms with Gasteiger partial charge in [0.05, 0.1) is 23.4 Å². The van der Waals surface area contributed by atoms with Gasteiger partial charge in [0.15, 0.2) is 5.69 Å². The Hall–Kier alpha value is -2.67. The second kappa shape index (κ2) is 7.74. The van der Waals surface area contributed by atoms with Crippen LogP contribution in [0.25, 0.3) is 0 Å². The zero-order valence-corrected chi connectivity index (χ0v) is 14.2. The van der Waals surface area contributed by atoms with Crippen LogP contribution < -0.4 is 10.6 Å². The van der Waals surface area contributed by atoms with Crippen molar-refractivity contribution in [3.05, 3.63) is 46.6 Å². The highest BCUT2D eigenvalue weighted by molar-refractivity contribution is 6.34. The summed E-state index contributed by atoms with van der Waals surface area (Å²) in [6.07, 6.45) is 0. The van der Waals surface area contributed by atoms with Gasteiger partial charge in [-0.05, 0) is 44.2 Å². The molecule has 0 saturated heterocycles. The fourth-order valence-electron chi connectivity index (χ4n) is 1.88. The number of anilines is 2. The number of esters is 1. The maximum atomic E-state index is 12.2. The summed E-state index contributed by atoms with van der Waals surface area (Å²) in [6, 6.07) is 7.87. The first-order chi connectivity index (χ1) is 11.4. The number of carbonyl (C=O) groups is 2. The van der Waals surface area contributed by atoms with Crippen molar-refractivity contribution in [3.63, 3.8) is 0 Å². The molecule has 0 unspecified atom stereocenters. The molecule has 2 aromatic rings. The summed E-state index contributed by atoms with van der Waals surface area (Å²) in [6.45, 7) is 3.94. The molecule has 0 fully saturated rings. The van der Waals surface area contributed by atoms with Gasteiger partial charge in [-0.2, -0.15) is 0 Å². The molecular weight excluding hydrogens is 332 g/mol. The normalized spacial score (nSPS) is 10.4. The molecule has 1 aromatic heterocycles. The number of nitrogens with zero attached hydrogens (tertiary/aromatic N) is 2. The molecule has 1 heterocycles. The van der Waals surface area contributed by atoms with E-state index in [2.05, 4.69) is 25.6 Å². The van der Waals surface area contributed by atoms with Crippen LogP contribution in [0.5, 0.6) is 0 Å². The first kappa shape index (κ1) is 17.7. The number of carbonyl (C=O) groups excluding carboxylic acids is 2. The molecule has 1 aromatic carbocycles. The van der Waals surface area contributed by atoms with Crippen molar-refractivity contribution in [1.29, 1.82) is 0 Å². The third-order valence-electron chi connectivity index (χ3n) is 2.97. The van der Waals surface area contributed by atoms with Crippen LogP contribution in [0.2, 0.25) is 5.02 Å².